The van der Waals surface area contributed by atoms with Crippen LogP contribution in [-0.4, -0.2) is 13.7 Å². The molecule has 0 aliphatic heterocycles. The van der Waals surface area contributed by atoms with Crippen LogP contribution in [0.15, 0.2) is 395 Å². The van der Waals surface area contributed by atoms with Gasteiger partial charge in [0.2, 0.25) is 0 Å². The lowest BCUT2D eigenvalue weighted by atomic mass is 9.99. The van der Waals surface area contributed by atoms with E-state index in [1.54, 1.807) is 0 Å². The van der Waals surface area contributed by atoms with Crippen LogP contribution < -0.4 is 0 Å². The maximum atomic E-state index is 6.44. The van der Waals surface area contributed by atoms with E-state index in [1.807, 2.05) is 34.0 Å². The van der Waals surface area contributed by atoms with Gasteiger partial charge in [0.05, 0.1) is 47.2 Å². The first kappa shape index (κ1) is 65.9. The molecule has 117 heavy (non-hydrogen) atoms. The molecule has 0 radical (unpaired) electrons. The zero-order chi connectivity index (χ0) is 76.5. The summed E-state index contributed by atoms with van der Waals surface area (Å²) in [5, 5.41) is 22.1. The van der Waals surface area contributed by atoms with E-state index in [9.17, 15) is 0 Å². The first-order valence-corrected chi connectivity index (χ1v) is 42.0. The van der Waals surface area contributed by atoms with E-state index >= 15 is 0 Å². The van der Waals surface area contributed by atoms with Crippen LogP contribution in [0, 0.1) is 0 Å². The average Bonchev–Trinajstić information content (AvgIpc) is 1.56. The largest absolute Gasteiger partial charge is 0.456 e. The smallest absolute Gasteiger partial charge is 0.136 e. The minimum Gasteiger partial charge on any atom is -0.456 e. The molecule has 0 saturated heterocycles. The lowest BCUT2D eigenvalue weighted by Crippen LogP contribution is -1.93. The Bertz CT molecular complexity index is 8780. The molecule has 6 nitrogen and oxygen atoms in total. The summed E-state index contributed by atoms with van der Waals surface area (Å²) in [5.74, 6) is 0. The second kappa shape index (κ2) is 26.0. The summed E-state index contributed by atoms with van der Waals surface area (Å²) in [6.07, 6.45) is 0. The minimum absolute atomic E-state index is 0.921. The molecule has 0 unspecified atom stereocenters. The third kappa shape index (κ3) is 10.2. The van der Waals surface area contributed by atoms with E-state index in [2.05, 4.69) is 396 Å². The first-order valence-electron chi connectivity index (χ1n) is 39.6. The van der Waals surface area contributed by atoms with E-state index in [-0.39, 0.29) is 0 Å². The predicted octanol–water partition coefficient (Wildman–Crippen LogP) is 32.2. The van der Waals surface area contributed by atoms with Crippen molar-refractivity contribution in [2.75, 3.05) is 0 Å². The van der Waals surface area contributed by atoms with Crippen molar-refractivity contribution in [2.45, 2.75) is 0 Å². The van der Waals surface area contributed by atoms with Crippen molar-refractivity contribution in [3.8, 4) is 50.4 Å². The molecule has 546 valence electrons. The van der Waals surface area contributed by atoms with Crippen molar-refractivity contribution in [1.82, 2.24) is 13.7 Å². The molecule has 0 aliphatic rings. The molecule has 0 spiro atoms. The summed E-state index contributed by atoms with van der Waals surface area (Å²) in [7, 11) is 0. The van der Waals surface area contributed by atoms with Crippen molar-refractivity contribution in [1.29, 1.82) is 0 Å². The standard InChI is InChI=1S/3C36H21NOS/c1-2-11-25(12-3-1)37-30-15-7-6-13-28(30)36-35(37)34-26(14-8-16-33(34)39-36)24-17-18-27-29-19-22-9-4-5-10-23(22)20-32(29)38-31(27)21-24;1-2-10-24(11-3-1)37-30-16-7-6-13-27(30)36-34(37)29-15-8-14-26(35(29)39-36)23-17-19-28-32(21-23)38-31-20-18-22-9-4-5-12-25(22)33(28)31;1-2-9-25(10-3-1)37-30-13-7-6-12-27(30)36-35(37)29-18-15-24(21-33(29)39-36)23-14-17-28-32(20-23)38-31-19-16-22-8-4-5-11-26(22)34(28)31/h3*1-21H. The predicted molar refractivity (Wildman–Crippen MR) is 499 cm³/mol. The Morgan fingerprint density at radius 2 is 0.581 bits per heavy atom. The van der Waals surface area contributed by atoms with Crippen molar-refractivity contribution in [3.63, 3.8) is 0 Å². The molecule has 18 aromatic carbocycles. The summed E-state index contributed by atoms with van der Waals surface area (Å²) in [4.78, 5) is 0. The van der Waals surface area contributed by atoms with Gasteiger partial charge in [-0.05, 0) is 193 Å². The van der Waals surface area contributed by atoms with Crippen LogP contribution in [0.2, 0.25) is 0 Å². The molecule has 9 heteroatoms. The third-order valence-corrected chi connectivity index (χ3v) is 27.6. The Labute approximate surface area is 680 Å². The highest BCUT2D eigenvalue weighted by Crippen LogP contribution is 2.51. The monoisotopic (exact) mass is 1550 g/mol. The van der Waals surface area contributed by atoms with Gasteiger partial charge >= 0.3 is 0 Å². The third-order valence-electron chi connectivity index (χ3n) is 23.9. The summed E-state index contributed by atoms with van der Waals surface area (Å²) >= 11 is 5.65. The summed E-state index contributed by atoms with van der Waals surface area (Å²) in [5.41, 5.74) is 23.9. The second-order valence-corrected chi connectivity index (χ2v) is 33.6. The van der Waals surface area contributed by atoms with Gasteiger partial charge in [-0.25, -0.2) is 0 Å². The highest BCUT2D eigenvalue weighted by molar-refractivity contribution is 7.28. The van der Waals surface area contributed by atoms with Gasteiger partial charge in [0.1, 0.15) is 33.5 Å². The Morgan fingerprint density at radius 3 is 1.17 bits per heavy atom. The molecule has 0 bridgehead atoms. The molecule has 9 aromatic heterocycles. The van der Waals surface area contributed by atoms with Gasteiger partial charge < -0.3 is 27.0 Å². The summed E-state index contributed by atoms with van der Waals surface area (Å²) in [6.45, 7) is 0. The number of thiophene rings is 3. The SMILES string of the molecule is c1ccc(-n2c3ccccc3c3sc4c(-c5ccc6c(c5)oc5ccc7ccccc7c56)cccc4c32)cc1.c1ccc(-n2c3ccccc3c3sc4cc(-c5ccc6c(c5)oc5ccc7ccccc7c56)ccc4c32)cc1.c1ccc(-n2c3ccccc3c3sc4cccc(-c5ccc6c(c5)oc5cc7ccccc7cc56)c4c32)cc1. The molecular formula is C108H63N3O3S3. The molecule has 27 aromatic rings. The number of furan rings is 3. The zero-order valence-corrected chi connectivity index (χ0v) is 65.1. The van der Waals surface area contributed by atoms with E-state index in [1.165, 1.54) is 187 Å². The minimum atomic E-state index is 0.921. The number of para-hydroxylation sites is 6. The van der Waals surface area contributed by atoms with E-state index < -0.39 is 0 Å². The quantitative estimate of drug-likeness (QED) is 0.167. The highest BCUT2D eigenvalue weighted by atomic mass is 32.1. The van der Waals surface area contributed by atoms with Crippen LogP contribution in [0.5, 0.6) is 0 Å². The lowest BCUT2D eigenvalue weighted by molar-refractivity contribution is 0.669. The van der Waals surface area contributed by atoms with Gasteiger partial charge in [-0.2, -0.15) is 0 Å². The normalized spacial score (nSPS) is 12.1. The zero-order valence-electron chi connectivity index (χ0n) is 62.7. The first-order chi connectivity index (χ1) is 58.0. The average molecular weight is 1550 g/mol. The maximum absolute atomic E-state index is 6.44. The van der Waals surface area contributed by atoms with E-state index in [0.29, 0.717) is 0 Å². The van der Waals surface area contributed by atoms with Crippen molar-refractivity contribution >= 4 is 226 Å². The van der Waals surface area contributed by atoms with Crippen LogP contribution in [0.25, 0.3) is 242 Å². The van der Waals surface area contributed by atoms with Crippen molar-refractivity contribution in [3.05, 3.63) is 382 Å². The number of aromatic nitrogens is 3. The van der Waals surface area contributed by atoms with E-state index in [0.717, 1.165) is 55.0 Å². The van der Waals surface area contributed by atoms with Crippen LogP contribution in [0.3, 0.4) is 0 Å². The maximum Gasteiger partial charge on any atom is 0.136 e. The van der Waals surface area contributed by atoms with Gasteiger partial charge in [0.15, 0.2) is 0 Å². The van der Waals surface area contributed by atoms with Crippen LogP contribution in [0.4, 0.5) is 0 Å². The molecule has 0 amide bonds. The molecular weight excluding hydrogens is 1480 g/mol. The Balaban J connectivity index is 0.0000000980. The number of benzene rings is 18. The molecule has 0 fully saturated rings. The van der Waals surface area contributed by atoms with Crippen molar-refractivity contribution < 1.29 is 13.3 Å². The lowest BCUT2D eigenvalue weighted by Gasteiger charge is -2.10. The number of hydrogen-bond donors (Lipinski definition) is 0. The fraction of sp³-hybridized carbons (Fsp3) is 0. The topological polar surface area (TPSA) is 54.2 Å². The van der Waals surface area contributed by atoms with Crippen LogP contribution in [0.1, 0.15) is 0 Å². The van der Waals surface area contributed by atoms with Crippen molar-refractivity contribution in [2.24, 2.45) is 0 Å². The van der Waals surface area contributed by atoms with Gasteiger partial charge in [-0.15, -0.1) is 34.0 Å². The number of fused-ring (bicyclic) bond motifs is 29. The summed E-state index contributed by atoms with van der Waals surface area (Å²) in [6, 6.07) is 137. The Morgan fingerprint density at radius 1 is 0.188 bits per heavy atom. The highest BCUT2D eigenvalue weighted by Gasteiger charge is 2.25. The number of rotatable bonds is 6. The molecule has 27 rings (SSSR count). The molecule has 0 N–H and O–H groups in total. The molecule has 0 saturated carbocycles. The fourth-order valence-electron chi connectivity index (χ4n) is 18.7. The van der Waals surface area contributed by atoms with Gasteiger partial charge in [0.25, 0.3) is 0 Å². The number of hydrogen-bond acceptors (Lipinski definition) is 6. The molecule has 0 atom stereocenters. The van der Waals surface area contributed by atoms with Gasteiger partial charge in [0, 0.05) is 95.8 Å². The van der Waals surface area contributed by atoms with Gasteiger partial charge in [-0.1, -0.05) is 255 Å². The van der Waals surface area contributed by atoms with E-state index in [4.69, 9.17) is 13.3 Å². The van der Waals surface area contributed by atoms with Gasteiger partial charge in [-0.3, -0.25) is 0 Å². The Kier molecular flexibility index (Phi) is 14.6. The molecule has 0 aliphatic carbocycles. The molecule has 9 heterocycles. The Hall–Kier alpha value is -14.6. The van der Waals surface area contributed by atoms with Crippen LogP contribution in [-0.2, 0) is 0 Å². The van der Waals surface area contributed by atoms with Crippen LogP contribution >= 0.6 is 34.0 Å². The second-order valence-electron chi connectivity index (χ2n) is 30.4. The number of nitrogens with zero attached hydrogens (tertiary/aromatic N) is 3. The summed E-state index contributed by atoms with van der Waals surface area (Å²) < 4.78 is 34.4. The fourth-order valence-corrected chi connectivity index (χ4v) is 22.6.